The van der Waals surface area contributed by atoms with E-state index in [1.165, 1.54) is 6.21 Å². The SMILES string of the molecule is CCOC(=O)[C@H](C#N)C=NCc1cccs1. The molecule has 0 aromatic carbocycles. The maximum absolute atomic E-state index is 11.2. The van der Waals surface area contributed by atoms with Crippen LogP contribution in [-0.2, 0) is 16.1 Å². The Kier molecular flexibility index (Phi) is 5.23. The van der Waals surface area contributed by atoms with Crippen molar-refractivity contribution in [3.05, 3.63) is 22.4 Å². The normalized spacial score (nSPS) is 12.2. The van der Waals surface area contributed by atoms with Crippen molar-refractivity contribution < 1.29 is 9.53 Å². The van der Waals surface area contributed by atoms with Crippen LogP contribution in [0.3, 0.4) is 0 Å². The molecule has 1 aromatic heterocycles. The van der Waals surface area contributed by atoms with Gasteiger partial charge in [-0.25, -0.2) is 0 Å². The molecule has 0 saturated heterocycles. The van der Waals surface area contributed by atoms with Gasteiger partial charge in [-0.3, -0.25) is 9.79 Å². The Morgan fingerprint density at radius 2 is 2.62 bits per heavy atom. The van der Waals surface area contributed by atoms with E-state index in [2.05, 4.69) is 4.99 Å². The molecule has 0 saturated carbocycles. The molecule has 84 valence electrons. The van der Waals surface area contributed by atoms with Gasteiger partial charge in [-0.05, 0) is 18.4 Å². The second-order valence-electron chi connectivity index (χ2n) is 2.93. The van der Waals surface area contributed by atoms with Gasteiger partial charge in [0.2, 0.25) is 0 Å². The zero-order valence-electron chi connectivity index (χ0n) is 8.92. The van der Waals surface area contributed by atoms with Gasteiger partial charge in [0.25, 0.3) is 0 Å². The first-order chi connectivity index (χ1) is 7.77. The van der Waals surface area contributed by atoms with Gasteiger partial charge in [-0.2, -0.15) is 5.26 Å². The predicted molar refractivity (Wildman–Crippen MR) is 62.3 cm³/mol. The Morgan fingerprint density at radius 3 is 3.19 bits per heavy atom. The van der Waals surface area contributed by atoms with Gasteiger partial charge in [0.05, 0.1) is 19.2 Å². The minimum absolute atomic E-state index is 0.274. The summed E-state index contributed by atoms with van der Waals surface area (Å²) in [4.78, 5) is 16.4. The van der Waals surface area contributed by atoms with Crippen LogP contribution in [0.25, 0.3) is 0 Å². The molecular weight excluding hydrogens is 224 g/mol. The van der Waals surface area contributed by atoms with Crippen LogP contribution < -0.4 is 0 Å². The van der Waals surface area contributed by atoms with E-state index in [0.717, 1.165) is 4.88 Å². The molecule has 0 amide bonds. The second kappa shape index (κ2) is 6.75. The Hall–Kier alpha value is -1.67. The van der Waals surface area contributed by atoms with Crippen molar-refractivity contribution >= 4 is 23.5 Å². The molecule has 0 radical (unpaired) electrons. The van der Waals surface area contributed by atoms with Gasteiger partial charge >= 0.3 is 5.97 Å². The third kappa shape index (κ3) is 3.83. The number of nitriles is 1. The van der Waals surface area contributed by atoms with Crippen molar-refractivity contribution in [1.82, 2.24) is 0 Å². The number of rotatable bonds is 5. The third-order valence-corrected chi connectivity index (χ3v) is 2.62. The summed E-state index contributed by atoms with van der Waals surface area (Å²) < 4.78 is 4.73. The summed E-state index contributed by atoms with van der Waals surface area (Å²) in [5.41, 5.74) is 0. The maximum atomic E-state index is 11.2. The fourth-order valence-corrected chi connectivity index (χ4v) is 1.67. The quantitative estimate of drug-likeness (QED) is 0.580. The first kappa shape index (κ1) is 12.4. The molecule has 1 heterocycles. The monoisotopic (exact) mass is 236 g/mol. The zero-order valence-corrected chi connectivity index (χ0v) is 9.74. The average molecular weight is 236 g/mol. The lowest BCUT2D eigenvalue weighted by atomic mass is 10.2. The number of thiophene rings is 1. The van der Waals surface area contributed by atoms with Gasteiger partial charge in [0.1, 0.15) is 0 Å². The van der Waals surface area contributed by atoms with E-state index in [1.54, 1.807) is 18.3 Å². The highest BCUT2D eigenvalue weighted by molar-refractivity contribution is 7.09. The Bertz CT molecular complexity index is 393. The molecule has 5 heteroatoms. The molecule has 1 atom stereocenters. The molecule has 0 aliphatic rings. The molecule has 0 aliphatic carbocycles. The van der Waals surface area contributed by atoms with Crippen LogP contribution in [0.1, 0.15) is 11.8 Å². The van der Waals surface area contributed by atoms with Crippen LogP contribution in [0, 0.1) is 17.2 Å². The summed E-state index contributed by atoms with van der Waals surface area (Å²) in [6.07, 6.45) is 1.34. The van der Waals surface area contributed by atoms with Crippen LogP contribution in [-0.4, -0.2) is 18.8 Å². The summed E-state index contributed by atoms with van der Waals surface area (Å²) in [7, 11) is 0. The fourth-order valence-electron chi connectivity index (χ4n) is 1.03. The number of carbonyl (C=O) groups excluding carboxylic acids is 1. The highest BCUT2D eigenvalue weighted by Crippen LogP contribution is 2.09. The van der Waals surface area contributed by atoms with Crippen molar-refractivity contribution in [1.29, 1.82) is 5.26 Å². The van der Waals surface area contributed by atoms with Crippen LogP contribution in [0.4, 0.5) is 0 Å². The number of nitrogens with zero attached hydrogens (tertiary/aromatic N) is 2. The summed E-state index contributed by atoms with van der Waals surface area (Å²) in [5.74, 6) is -1.44. The standard InChI is InChI=1S/C11H12N2O2S/c1-2-15-11(14)9(6-12)7-13-8-10-4-3-5-16-10/h3-5,7,9H,2,8H2,1H3/t9-/m1/s1. The Labute approximate surface area is 98.2 Å². The molecule has 0 unspecified atom stereocenters. The maximum Gasteiger partial charge on any atom is 0.328 e. The molecular formula is C11H12N2O2S. The first-order valence-electron chi connectivity index (χ1n) is 4.86. The highest BCUT2D eigenvalue weighted by Gasteiger charge is 2.15. The van der Waals surface area contributed by atoms with Gasteiger partial charge < -0.3 is 4.74 Å². The minimum atomic E-state index is -0.903. The van der Waals surface area contributed by atoms with E-state index in [0.29, 0.717) is 6.54 Å². The highest BCUT2D eigenvalue weighted by atomic mass is 32.1. The lowest BCUT2D eigenvalue weighted by molar-refractivity contribution is -0.143. The van der Waals surface area contributed by atoms with Crippen molar-refractivity contribution in [3.8, 4) is 6.07 Å². The van der Waals surface area contributed by atoms with Gasteiger partial charge in [-0.15, -0.1) is 11.3 Å². The number of ether oxygens (including phenoxy) is 1. The fraction of sp³-hybridized carbons (Fsp3) is 0.364. The number of esters is 1. The van der Waals surface area contributed by atoms with E-state index in [4.69, 9.17) is 10.00 Å². The van der Waals surface area contributed by atoms with Crippen molar-refractivity contribution in [2.45, 2.75) is 13.5 Å². The van der Waals surface area contributed by atoms with E-state index < -0.39 is 11.9 Å². The van der Waals surface area contributed by atoms with Crippen LogP contribution in [0.5, 0.6) is 0 Å². The van der Waals surface area contributed by atoms with Crippen molar-refractivity contribution in [2.75, 3.05) is 6.61 Å². The van der Waals surface area contributed by atoms with E-state index in [1.807, 2.05) is 23.6 Å². The molecule has 16 heavy (non-hydrogen) atoms. The molecule has 1 rings (SSSR count). The van der Waals surface area contributed by atoms with Crippen molar-refractivity contribution in [3.63, 3.8) is 0 Å². The number of hydrogen-bond acceptors (Lipinski definition) is 5. The largest absolute Gasteiger partial charge is 0.465 e. The first-order valence-corrected chi connectivity index (χ1v) is 5.74. The smallest absolute Gasteiger partial charge is 0.328 e. The lowest BCUT2D eigenvalue weighted by Gasteiger charge is -2.02. The minimum Gasteiger partial charge on any atom is -0.465 e. The van der Waals surface area contributed by atoms with Crippen LogP contribution in [0.15, 0.2) is 22.5 Å². The van der Waals surface area contributed by atoms with Crippen LogP contribution >= 0.6 is 11.3 Å². The zero-order chi connectivity index (χ0) is 11.8. The third-order valence-electron chi connectivity index (χ3n) is 1.76. The Morgan fingerprint density at radius 1 is 1.81 bits per heavy atom. The second-order valence-corrected chi connectivity index (χ2v) is 3.96. The summed E-state index contributed by atoms with van der Waals surface area (Å²) in [5, 5.41) is 10.7. The van der Waals surface area contributed by atoms with E-state index >= 15 is 0 Å². The number of hydrogen-bond donors (Lipinski definition) is 0. The molecule has 0 fully saturated rings. The number of carbonyl (C=O) groups is 1. The van der Waals surface area contributed by atoms with Crippen LogP contribution in [0.2, 0.25) is 0 Å². The summed E-state index contributed by atoms with van der Waals surface area (Å²) >= 11 is 1.59. The Balaban J connectivity index is 2.47. The van der Waals surface area contributed by atoms with Gasteiger partial charge in [-0.1, -0.05) is 6.07 Å². The van der Waals surface area contributed by atoms with Gasteiger partial charge in [0.15, 0.2) is 5.92 Å². The predicted octanol–water partition coefficient (Wildman–Crippen LogP) is 2.02. The molecule has 0 aliphatic heterocycles. The van der Waals surface area contributed by atoms with Crippen molar-refractivity contribution in [2.24, 2.45) is 10.9 Å². The topological polar surface area (TPSA) is 62.5 Å². The average Bonchev–Trinajstić information content (AvgIpc) is 2.77. The lowest BCUT2D eigenvalue weighted by Crippen LogP contribution is -2.17. The number of aliphatic imine (C=N–C) groups is 1. The molecule has 0 spiro atoms. The van der Waals surface area contributed by atoms with E-state index in [-0.39, 0.29) is 6.61 Å². The summed E-state index contributed by atoms with van der Waals surface area (Å²) in [6.45, 7) is 2.47. The van der Waals surface area contributed by atoms with Gasteiger partial charge in [0, 0.05) is 11.1 Å². The molecule has 4 nitrogen and oxygen atoms in total. The van der Waals surface area contributed by atoms with E-state index in [9.17, 15) is 4.79 Å². The molecule has 0 bridgehead atoms. The molecule has 0 N–H and O–H groups in total. The summed E-state index contributed by atoms with van der Waals surface area (Å²) in [6, 6.07) is 5.73. The molecule has 1 aromatic rings.